The van der Waals surface area contributed by atoms with Gasteiger partial charge in [-0.3, -0.25) is 0 Å². The van der Waals surface area contributed by atoms with E-state index in [9.17, 15) is 15.3 Å². The van der Waals surface area contributed by atoms with Crippen LogP contribution in [0.1, 0.15) is 35.6 Å². The molecule has 0 spiro atoms. The fraction of sp³-hybridized carbons (Fsp3) is 0.478. The fourth-order valence-electron chi connectivity index (χ4n) is 4.23. The van der Waals surface area contributed by atoms with E-state index in [2.05, 4.69) is 19.1 Å². The van der Waals surface area contributed by atoms with Gasteiger partial charge in [-0.15, -0.1) is 0 Å². The summed E-state index contributed by atoms with van der Waals surface area (Å²) < 4.78 is 17.5. The van der Waals surface area contributed by atoms with Crippen LogP contribution < -0.4 is 4.74 Å². The lowest BCUT2D eigenvalue weighted by Gasteiger charge is -2.43. The number of aliphatic hydroxyl groups excluding tert-OH is 3. The first-order valence-corrected chi connectivity index (χ1v) is 10.0. The molecule has 2 fully saturated rings. The van der Waals surface area contributed by atoms with Crippen molar-refractivity contribution in [3.05, 3.63) is 64.7 Å². The van der Waals surface area contributed by atoms with E-state index in [0.29, 0.717) is 6.61 Å². The first-order chi connectivity index (χ1) is 13.9. The van der Waals surface area contributed by atoms with Crippen LogP contribution in [0.15, 0.2) is 42.5 Å². The third-order valence-electron chi connectivity index (χ3n) is 5.98. The first-order valence-electron chi connectivity index (χ1n) is 10.0. The van der Waals surface area contributed by atoms with E-state index in [1.807, 2.05) is 37.3 Å². The molecule has 156 valence electrons. The van der Waals surface area contributed by atoms with E-state index in [1.54, 1.807) is 0 Å². The van der Waals surface area contributed by atoms with Gasteiger partial charge in [0.2, 0.25) is 0 Å². The SMILES string of the molecule is CCOc1ccc(Cc2cc([C@]34C[C@@H](O)[C@H](O)[C@](CO)(CO3)O4)ccc2C)cc1. The molecule has 2 saturated heterocycles. The maximum atomic E-state index is 10.4. The molecule has 2 aliphatic rings. The van der Waals surface area contributed by atoms with Crippen molar-refractivity contribution < 1.29 is 29.5 Å². The molecule has 4 atom stereocenters. The van der Waals surface area contributed by atoms with Crippen molar-refractivity contribution in [3.63, 3.8) is 0 Å². The minimum Gasteiger partial charge on any atom is -0.494 e. The van der Waals surface area contributed by atoms with E-state index < -0.39 is 30.2 Å². The molecular formula is C23H28O6. The van der Waals surface area contributed by atoms with E-state index >= 15 is 0 Å². The Morgan fingerprint density at radius 3 is 2.59 bits per heavy atom. The number of aliphatic hydroxyl groups is 3. The zero-order chi connectivity index (χ0) is 20.6. The van der Waals surface area contributed by atoms with Crippen LogP contribution in [0, 0.1) is 6.92 Å². The maximum Gasteiger partial charge on any atom is 0.198 e. The lowest BCUT2D eigenvalue weighted by atomic mass is 9.85. The largest absolute Gasteiger partial charge is 0.494 e. The predicted octanol–water partition coefficient (Wildman–Crippen LogP) is 2.04. The average Bonchev–Trinajstić information content (AvgIpc) is 3.07. The molecule has 2 heterocycles. The number of hydrogen-bond donors (Lipinski definition) is 3. The molecule has 3 N–H and O–H groups in total. The minimum atomic E-state index is -1.29. The molecule has 0 saturated carbocycles. The third-order valence-corrected chi connectivity index (χ3v) is 5.98. The van der Waals surface area contributed by atoms with Crippen molar-refractivity contribution in [2.24, 2.45) is 0 Å². The Morgan fingerprint density at radius 2 is 1.90 bits per heavy atom. The minimum absolute atomic E-state index is 0.0316. The van der Waals surface area contributed by atoms with E-state index in [4.69, 9.17) is 14.2 Å². The quantitative estimate of drug-likeness (QED) is 0.688. The van der Waals surface area contributed by atoms with E-state index in [-0.39, 0.29) is 13.0 Å². The monoisotopic (exact) mass is 400 g/mol. The second-order valence-corrected chi connectivity index (χ2v) is 7.98. The highest BCUT2D eigenvalue weighted by molar-refractivity contribution is 5.39. The van der Waals surface area contributed by atoms with E-state index in [0.717, 1.165) is 34.4 Å². The maximum absolute atomic E-state index is 10.4. The van der Waals surface area contributed by atoms with Crippen molar-refractivity contribution in [3.8, 4) is 5.75 Å². The van der Waals surface area contributed by atoms with Gasteiger partial charge in [-0.1, -0.05) is 24.3 Å². The summed E-state index contributed by atoms with van der Waals surface area (Å²) in [7, 11) is 0. The van der Waals surface area contributed by atoms with Gasteiger partial charge in [0.1, 0.15) is 17.5 Å². The number of fused-ring (bicyclic) bond motifs is 2. The van der Waals surface area contributed by atoms with Gasteiger partial charge < -0.3 is 29.5 Å². The summed E-state index contributed by atoms with van der Waals surface area (Å²) in [6.45, 7) is 4.27. The molecule has 0 aliphatic carbocycles. The molecule has 29 heavy (non-hydrogen) atoms. The van der Waals surface area contributed by atoms with Gasteiger partial charge in [0.15, 0.2) is 5.79 Å². The molecule has 2 aliphatic heterocycles. The van der Waals surface area contributed by atoms with Crippen LogP contribution in [0.3, 0.4) is 0 Å². The Bertz CT molecular complexity index is 866. The number of hydrogen-bond acceptors (Lipinski definition) is 6. The Balaban J connectivity index is 1.62. The molecule has 0 aromatic heterocycles. The summed E-state index contributed by atoms with van der Waals surface area (Å²) in [6.07, 6.45) is -1.37. The Hall–Kier alpha value is -1.96. The number of ether oxygens (including phenoxy) is 3. The summed E-state index contributed by atoms with van der Waals surface area (Å²) >= 11 is 0. The third kappa shape index (κ3) is 3.56. The second-order valence-electron chi connectivity index (χ2n) is 7.98. The van der Waals surface area contributed by atoms with Crippen LogP contribution in [0.5, 0.6) is 5.75 Å². The molecule has 0 amide bonds. The Morgan fingerprint density at radius 1 is 1.14 bits per heavy atom. The lowest BCUT2D eigenvalue weighted by molar-refractivity contribution is -0.281. The van der Waals surface area contributed by atoms with Gasteiger partial charge in [-0.25, -0.2) is 0 Å². The van der Waals surface area contributed by atoms with Crippen LogP contribution in [0.4, 0.5) is 0 Å². The van der Waals surface area contributed by atoms with Crippen LogP contribution in [0.2, 0.25) is 0 Å². The predicted molar refractivity (Wildman–Crippen MR) is 107 cm³/mol. The van der Waals surface area contributed by atoms with Gasteiger partial charge >= 0.3 is 0 Å². The summed E-state index contributed by atoms with van der Waals surface area (Å²) in [6, 6.07) is 14.0. The molecule has 0 unspecified atom stereocenters. The summed E-state index contributed by atoms with van der Waals surface area (Å²) in [5, 5.41) is 30.5. The molecular weight excluding hydrogens is 372 g/mol. The molecule has 0 radical (unpaired) electrons. The van der Waals surface area contributed by atoms with Crippen LogP contribution in [-0.4, -0.2) is 52.9 Å². The average molecular weight is 400 g/mol. The normalized spacial score (nSPS) is 31.1. The Kier molecular flexibility index (Phi) is 5.40. The van der Waals surface area contributed by atoms with Crippen LogP contribution in [-0.2, 0) is 21.7 Å². The van der Waals surface area contributed by atoms with Gasteiger partial charge in [-0.05, 0) is 55.2 Å². The van der Waals surface area contributed by atoms with Crippen molar-refractivity contribution in [1.82, 2.24) is 0 Å². The second kappa shape index (κ2) is 7.70. The first kappa shape index (κ1) is 20.3. The summed E-state index contributed by atoms with van der Waals surface area (Å²) in [5.41, 5.74) is 2.91. The van der Waals surface area contributed by atoms with Crippen molar-refractivity contribution >= 4 is 0 Å². The van der Waals surface area contributed by atoms with Gasteiger partial charge in [0.05, 0.1) is 25.9 Å². The molecule has 6 nitrogen and oxygen atoms in total. The number of benzene rings is 2. The van der Waals surface area contributed by atoms with Crippen LogP contribution >= 0.6 is 0 Å². The van der Waals surface area contributed by atoms with Gasteiger partial charge in [-0.2, -0.15) is 0 Å². The molecule has 2 bridgehead atoms. The van der Waals surface area contributed by atoms with Crippen molar-refractivity contribution in [1.29, 1.82) is 0 Å². The highest BCUT2D eigenvalue weighted by Crippen LogP contribution is 2.49. The molecule has 6 heteroatoms. The van der Waals surface area contributed by atoms with Gasteiger partial charge in [0, 0.05) is 12.0 Å². The summed E-state index contributed by atoms with van der Waals surface area (Å²) in [5.74, 6) is -0.314. The lowest BCUT2D eigenvalue weighted by Crippen LogP contribution is -2.59. The summed E-state index contributed by atoms with van der Waals surface area (Å²) in [4.78, 5) is 0. The molecule has 2 aromatic rings. The number of aryl methyl sites for hydroxylation is 1. The highest BCUT2D eigenvalue weighted by atomic mass is 16.8. The van der Waals surface area contributed by atoms with E-state index in [1.165, 1.54) is 0 Å². The fourth-order valence-corrected chi connectivity index (χ4v) is 4.23. The van der Waals surface area contributed by atoms with Gasteiger partial charge in [0.25, 0.3) is 0 Å². The number of rotatable bonds is 6. The molecule has 2 aromatic carbocycles. The molecule has 4 rings (SSSR count). The van der Waals surface area contributed by atoms with Crippen LogP contribution in [0.25, 0.3) is 0 Å². The van der Waals surface area contributed by atoms with Crippen molar-refractivity contribution in [2.75, 3.05) is 19.8 Å². The zero-order valence-corrected chi connectivity index (χ0v) is 16.8. The standard InChI is InChI=1S/C23H28O6/c1-3-27-19-8-5-16(6-9-19)10-17-11-18(7-4-15(17)2)23-12-20(25)21(26)22(13-24,29-23)14-28-23/h4-9,11,20-21,24-26H,3,10,12-14H2,1-2H3/t20-,21+,22+,23-/m1/s1. The highest BCUT2D eigenvalue weighted by Gasteiger charge is 2.62. The topological polar surface area (TPSA) is 88.4 Å². The zero-order valence-electron chi connectivity index (χ0n) is 16.8. The smallest absolute Gasteiger partial charge is 0.198 e. The van der Waals surface area contributed by atoms with Crippen molar-refractivity contribution in [2.45, 2.75) is 50.3 Å². The Labute approximate surface area is 170 Å².